The number of hydrogen-bond acceptors (Lipinski definition) is 4. The minimum atomic E-state index is -0.839. The molecule has 2 fully saturated rings. The normalized spacial score (nSPS) is 23.8. The van der Waals surface area contributed by atoms with Gasteiger partial charge in [-0.25, -0.2) is 0 Å². The van der Waals surface area contributed by atoms with E-state index >= 15 is 0 Å². The Bertz CT molecular complexity index is 624. The predicted octanol–water partition coefficient (Wildman–Crippen LogP) is 2.31. The number of likely N-dealkylation sites (tertiary alicyclic amines) is 2. The van der Waals surface area contributed by atoms with E-state index in [2.05, 4.69) is 35.4 Å². The number of carbonyl (C=O) groups excluding carboxylic acids is 1. The molecule has 2 heterocycles. The number of amides is 1. The van der Waals surface area contributed by atoms with Gasteiger partial charge in [0.2, 0.25) is 5.91 Å². The number of carboxylic acid groups (broad SMARTS) is 1. The molecule has 130 valence electrons. The molecular formula is C18H24N2O3S. The highest BCUT2D eigenvalue weighted by atomic mass is 32.2. The van der Waals surface area contributed by atoms with Crippen LogP contribution >= 0.6 is 11.8 Å². The Morgan fingerprint density at radius 1 is 1.29 bits per heavy atom. The number of carbonyl (C=O) groups is 2. The molecule has 2 saturated heterocycles. The molecule has 2 aliphatic rings. The quantitative estimate of drug-likeness (QED) is 0.846. The van der Waals surface area contributed by atoms with E-state index in [-0.39, 0.29) is 12.3 Å². The summed E-state index contributed by atoms with van der Waals surface area (Å²) in [6.45, 7) is 2.53. The van der Waals surface area contributed by atoms with Crippen LogP contribution in [0, 0.1) is 5.92 Å². The molecule has 5 nitrogen and oxygen atoms in total. The van der Waals surface area contributed by atoms with Crippen molar-refractivity contribution in [2.45, 2.75) is 36.2 Å². The van der Waals surface area contributed by atoms with Crippen molar-refractivity contribution >= 4 is 23.6 Å². The Balaban J connectivity index is 1.66. The Morgan fingerprint density at radius 3 is 2.46 bits per heavy atom. The van der Waals surface area contributed by atoms with Crippen molar-refractivity contribution in [2.75, 3.05) is 26.4 Å². The van der Waals surface area contributed by atoms with E-state index in [0.717, 1.165) is 32.5 Å². The highest BCUT2D eigenvalue weighted by Gasteiger charge is 2.55. The van der Waals surface area contributed by atoms with Crippen LogP contribution in [0.1, 0.15) is 24.8 Å². The summed E-state index contributed by atoms with van der Waals surface area (Å²) in [4.78, 5) is 29.0. The van der Waals surface area contributed by atoms with Crippen molar-refractivity contribution < 1.29 is 14.7 Å². The van der Waals surface area contributed by atoms with E-state index in [1.165, 1.54) is 10.5 Å². The van der Waals surface area contributed by atoms with Gasteiger partial charge < -0.3 is 10.0 Å². The van der Waals surface area contributed by atoms with E-state index in [4.69, 9.17) is 0 Å². The summed E-state index contributed by atoms with van der Waals surface area (Å²) < 4.78 is 0. The van der Waals surface area contributed by atoms with E-state index in [9.17, 15) is 14.7 Å². The van der Waals surface area contributed by atoms with Crippen LogP contribution in [0.5, 0.6) is 0 Å². The van der Waals surface area contributed by atoms with E-state index in [0.29, 0.717) is 0 Å². The molecule has 0 aromatic heterocycles. The zero-order chi connectivity index (χ0) is 17.3. The maximum absolute atomic E-state index is 12.0. The number of thioether (sulfide) groups is 1. The van der Waals surface area contributed by atoms with Gasteiger partial charge in [-0.15, -0.1) is 11.8 Å². The lowest BCUT2D eigenvalue weighted by atomic mass is 9.77. The average Bonchev–Trinajstić information content (AvgIpc) is 2.83. The zero-order valence-corrected chi connectivity index (χ0v) is 15.0. The van der Waals surface area contributed by atoms with Gasteiger partial charge in [0, 0.05) is 38.0 Å². The highest BCUT2D eigenvalue weighted by Crippen LogP contribution is 2.43. The first-order valence-electron chi connectivity index (χ1n) is 8.31. The second-order valence-electron chi connectivity index (χ2n) is 6.78. The van der Waals surface area contributed by atoms with Crippen LogP contribution in [0.3, 0.4) is 0 Å². The summed E-state index contributed by atoms with van der Waals surface area (Å²) >= 11 is 1.73. The van der Waals surface area contributed by atoms with Crippen LogP contribution in [0.15, 0.2) is 29.2 Å². The molecule has 0 saturated carbocycles. The second-order valence-corrected chi connectivity index (χ2v) is 7.66. The SMILES string of the molecule is CSc1ccc(CN2CCC3(CC2)[C@@H](C(=O)O)CC(=O)N3C)cc1. The number of nitrogens with zero attached hydrogens (tertiary/aromatic N) is 2. The van der Waals surface area contributed by atoms with Gasteiger partial charge in [-0.3, -0.25) is 14.5 Å². The molecule has 1 amide bonds. The van der Waals surface area contributed by atoms with Crippen molar-refractivity contribution in [1.82, 2.24) is 9.80 Å². The number of carboxylic acids is 1. The molecule has 0 unspecified atom stereocenters. The van der Waals surface area contributed by atoms with Gasteiger partial charge in [0.05, 0.1) is 11.5 Å². The number of rotatable bonds is 4. The first-order valence-corrected chi connectivity index (χ1v) is 9.53. The van der Waals surface area contributed by atoms with Crippen molar-refractivity contribution in [2.24, 2.45) is 5.92 Å². The third kappa shape index (κ3) is 3.05. The van der Waals surface area contributed by atoms with Crippen LogP contribution in [0.25, 0.3) is 0 Å². The predicted molar refractivity (Wildman–Crippen MR) is 94.0 cm³/mol. The highest BCUT2D eigenvalue weighted by molar-refractivity contribution is 7.98. The number of benzene rings is 1. The maximum atomic E-state index is 12.0. The van der Waals surface area contributed by atoms with Crippen LogP contribution in [-0.2, 0) is 16.1 Å². The molecule has 0 radical (unpaired) electrons. The third-order valence-corrected chi connectivity index (χ3v) is 6.40. The lowest BCUT2D eigenvalue weighted by Crippen LogP contribution is -2.55. The fourth-order valence-corrected chi connectivity index (χ4v) is 4.48. The molecule has 1 atom stereocenters. The van der Waals surface area contributed by atoms with Gasteiger partial charge in [0.1, 0.15) is 0 Å². The van der Waals surface area contributed by atoms with Crippen LogP contribution in [0.4, 0.5) is 0 Å². The summed E-state index contributed by atoms with van der Waals surface area (Å²) in [5, 5.41) is 9.52. The van der Waals surface area contributed by atoms with Crippen molar-refractivity contribution in [3.05, 3.63) is 29.8 Å². The zero-order valence-electron chi connectivity index (χ0n) is 14.2. The van der Waals surface area contributed by atoms with Crippen LogP contribution in [-0.4, -0.2) is 58.7 Å². The molecule has 1 spiro atoms. The topological polar surface area (TPSA) is 60.9 Å². The molecule has 1 N–H and O–H groups in total. The fourth-order valence-electron chi connectivity index (χ4n) is 4.07. The Hall–Kier alpha value is -1.53. The average molecular weight is 348 g/mol. The summed E-state index contributed by atoms with van der Waals surface area (Å²) in [6.07, 6.45) is 3.67. The van der Waals surface area contributed by atoms with E-state index in [1.54, 1.807) is 23.7 Å². The molecule has 0 aliphatic carbocycles. The Labute approximate surface area is 147 Å². The number of hydrogen-bond donors (Lipinski definition) is 1. The summed E-state index contributed by atoms with van der Waals surface area (Å²) in [5.41, 5.74) is 0.775. The lowest BCUT2D eigenvalue weighted by Gasteiger charge is -2.45. The summed E-state index contributed by atoms with van der Waals surface area (Å²) in [7, 11) is 1.77. The van der Waals surface area contributed by atoms with Gasteiger partial charge in [-0.05, 0) is 36.8 Å². The molecule has 1 aromatic rings. The Morgan fingerprint density at radius 2 is 1.92 bits per heavy atom. The van der Waals surface area contributed by atoms with Crippen molar-refractivity contribution in [3.8, 4) is 0 Å². The third-order valence-electron chi connectivity index (χ3n) is 5.65. The Kier molecular flexibility index (Phi) is 4.88. The van der Waals surface area contributed by atoms with E-state index < -0.39 is 17.4 Å². The largest absolute Gasteiger partial charge is 0.481 e. The van der Waals surface area contributed by atoms with Crippen molar-refractivity contribution in [3.63, 3.8) is 0 Å². The summed E-state index contributed by atoms with van der Waals surface area (Å²) in [6, 6.07) is 8.58. The van der Waals surface area contributed by atoms with Gasteiger partial charge in [-0.1, -0.05) is 12.1 Å². The first-order chi connectivity index (χ1) is 11.5. The summed E-state index contributed by atoms with van der Waals surface area (Å²) in [5.74, 6) is -1.45. The molecule has 2 aliphatic heterocycles. The van der Waals surface area contributed by atoms with Gasteiger partial charge >= 0.3 is 5.97 Å². The lowest BCUT2D eigenvalue weighted by molar-refractivity contribution is -0.146. The maximum Gasteiger partial charge on any atom is 0.309 e. The second kappa shape index (κ2) is 6.76. The number of piperidine rings is 1. The van der Waals surface area contributed by atoms with Gasteiger partial charge in [0.25, 0.3) is 0 Å². The van der Waals surface area contributed by atoms with Crippen LogP contribution in [0.2, 0.25) is 0 Å². The minimum Gasteiger partial charge on any atom is -0.481 e. The van der Waals surface area contributed by atoms with E-state index in [1.807, 2.05) is 0 Å². The van der Waals surface area contributed by atoms with Crippen LogP contribution < -0.4 is 0 Å². The van der Waals surface area contributed by atoms with Crippen molar-refractivity contribution in [1.29, 1.82) is 0 Å². The number of aliphatic carboxylic acids is 1. The molecule has 6 heteroatoms. The minimum absolute atomic E-state index is 0.0384. The molecular weight excluding hydrogens is 324 g/mol. The monoisotopic (exact) mass is 348 g/mol. The van der Waals surface area contributed by atoms with Gasteiger partial charge in [-0.2, -0.15) is 0 Å². The fraction of sp³-hybridized carbons (Fsp3) is 0.556. The molecule has 0 bridgehead atoms. The standard InChI is InChI=1S/C18H24N2O3S/c1-19-16(21)11-15(17(22)23)18(19)7-9-20(10-8-18)12-13-3-5-14(24-2)6-4-13/h3-6,15H,7-12H2,1-2H3,(H,22,23)/t15-/m1/s1. The van der Waals surface area contributed by atoms with Gasteiger partial charge in [0.15, 0.2) is 0 Å². The molecule has 24 heavy (non-hydrogen) atoms. The smallest absolute Gasteiger partial charge is 0.309 e. The molecule has 1 aromatic carbocycles. The molecule has 3 rings (SSSR count). The first kappa shape index (κ1) is 17.3.